The van der Waals surface area contributed by atoms with E-state index < -0.39 is 0 Å². The van der Waals surface area contributed by atoms with Gasteiger partial charge in [0.15, 0.2) is 11.6 Å². The van der Waals surface area contributed by atoms with E-state index in [1.807, 2.05) is 11.0 Å². The number of amides is 3. The largest absolute Gasteiger partial charge is 0.381 e. The van der Waals surface area contributed by atoms with E-state index in [0.717, 1.165) is 37.7 Å². The van der Waals surface area contributed by atoms with Crippen molar-refractivity contribution < 1.29 is 18.8 Å². The predicted molar refractivity (Wildman–Crippen MR) is 108 cm³/mol. The van der Waals surface area contributed by atoms with Crippen LogP contribution < -0.4 is 5.32 Å². The van der Waals surface area contributed by atoms with Gasteiger partial charge in [-0.25, -0.2) is 4.79 Å². The molecule has 4 rings (SSSR count). The van der Waals surface area contributed by atoms with Crippen molar-refractivity contribution in [2.24, 2.45) is 5.92 Å². The van der Waals surface area contributed by atoms with E-state index in [2.05, 4.69) is 22.6 Å². The molecule has 1 N–H and O–H groups in total. The van der Waals surface area contributed by atoms with Crippen molar-refractivity contribution in [3.8, 4) is 0 Å². The quantitative estimate of drug-likeness (QED) is 0.843. The molecule has 8 heteroatoms. The molecule has 2 aliphatic heterocycles. The first kappa shape index (κ1) is 19.7. The summed E-state index contributed by atoms with van der Waals surface area (Å²) in [5.41, 5.74) is 0.987. The van der Waals surface area contributed by atoms with Gasteiger partial charge in [-0.15, -0.1) is 0 Å². The highest BCUT2D eigenvalue weighted by molar-refractivity contribution is 5.89. The fourth-order valence-electron chi connectivity index (χ4n) is 4.00. The number of hydrogen-bond acceptors (Lipinski definition) is 5. The zero-order valence-corrected chi connectivity index (χ0v) is 16.6. The molecule has 0 aromatic carbocycles. The second kappa shape index (κ2) is 9.26. The number of urea groups is 1. The zero-order valence-electron chi connectivity index (χ0n) is 16.6. The van der Waals surface area contributed by atoms with Crippen molar-refractivity contribution in [3.05, 3.63) is 30.1 Å². The number of nitrogens with zero attached hydrogens (tertiary/aromatic N) is 3. The number of anilines is 1. The number of aromatic nitrogens is 1. The van der Waals surface area contributed by atoms with Crippen LogP contribution in [0.5, 0.6) is 0 Å². The standard InChI is InChI=1S/C21H28N4O4/c26-20(17-7-13-28-14-8-17)24-9-4-10-25(12-11-24)21(27)22-19-15-18(29-23-19)16-5-2-1-3-6-16/h2,5-6,15,17H,1,3-4,7-14H2,(H,22,23,27). The summed E-state index contributed by atoms with van der Waals surface area (Å²) in [6.07, 6.45) is 10.6. The Labute approximate surface area is 170 Å². The van der Waals surface area contributed by atoms with Crippen LogP contribution in [0.3, 0.4) is 0 Å². The average molecular weight is 400 g/mol. The van der Waals surface area contributed by atoms with Gasteiger partial charge < -0.3 is 19.1 Å². The highest BCUT2D eigenvalue weighted by Crippen LogP contribution is 2.24. The first-order valence-electron chi connectivity index (χ1n) is 10.5. The second-order valence-electron chi connectivity index (χ2n) is 7.70. The Morgan fingerprint density at radius 1 is 1.07 bits per heavy atom. The first-order chi connectivity index (χ1) is 14.2. The Bertz CT molecular complexity index is 794. The van der Waals surface area contributed by atoms with Gasteiger partial charge in [0.25, 0.3) is 0 Å². The minimum absolute atomic E-state index is 0.0563. The van der Waals surface area contributed by atoms with E-state index in [1.54, 1.807) is 11.0 Å². The Morgan fingerprint density at radius 3 is 2.66 bits per heavy atom. The minimum atomic E-state index is -0.210. The summed E-state index contributed by atoms with van der Waals surface area (Å²) in [5, 5.41) is 6.79. The summed E-state index contributed by atoms with van der Waals surface area (Å²) < 4.78 is 10.7. The van der Waals surface area contributed by atoms with E-state index in [-0.39, 0.29) is 17.9 Å². The maximum Gasteiger partial charge on any atom is 0.323 e. The van der Waals surface area contributed by atoms with Crippen molar-refractivity contribution in [1.82, 2.24) is 15.0 Å². The Kier molecular flexibility index (Phi) is 6.29. The SMILES string of the molecule is O=C(Nc1cc(C2=CCCC=C2)on1)N1CCCN(C(=O)C2CCOCC2)CC1. The fourth-order valence-corrected chi connectivity index (χ4v) is 4.00. The van der Waals surface area contributed by atoms with E-state index >= 15 is 0 Å². The molecule has 0 saturated carbocycles. The number of carbonyl (C=O) groups excluding carboxylic acids is 2. The molecule has 8 nitrogen and oxygen atoms in total. The van der Waals surface area contributed by atoms with Gasteiger partial charge in [0.1, 0.15) is 0 Å². The molecule has 0 atom stereocenters. The third kappa shape index (κ3) is 4.87. The number of rotatable bonds is 3. The summed E-state index contributed by atoms with van der Waals surface area (Å²) >= 11 is 0. The maximum atomic E-state index is 12.7. The maximum absolute atomic E-state index is 12.7. The van der Waals surface area contributed by atoms with Crippen LogP contribution in [-0.2, 0) is 9.53 Å². The van der Waals surface area contributed by atoms with E-state index in [0.29, 0.717) is 51.0 Å². The zero-order chi connectivity index (χ0) is 20.1. The van der Waals surface area contributed by atoms with Crippen LogP contribution in [0.2, 0.25) is 0 Å². The number of nitrogens with one attached hydrogen (secondary N) is 1. The van der Waals surface area contributed by atoms with Crippen LogP contribution in [0.4, 0.5) is 10.6 Å². The molecule has 0 spiro atoms. The second-order valence-corrected chi connectivity index (χ2v) is 7.70. The molecule has 0 radical (unpaired) electrons. The number of ether oxygens (including phenoxy) is 1. The van der Waals surface area contributed by atoms with Gasteiger partial charge in [-0.2, -0.15) is 0 Å². The molecule has 29 heavy (non-hydrogen) atoms. The van der Waals surface area contributed by atoms with Crippen molar-refractivity contribution >= 4 is 23.3 Å². The third-order valence-corrected chi connectivity index (χ3v) is 5.69. The summed E-state index contributed by atoms with van der Waals surface area (Å²) in [5.74, 6) is 1.32. The molecule has 1 aliphatic carbocycles. The molecular formula is C21H28N4O4. The summed E-state index contributed by atoms with van der Waals surface area (Å²) in [6.45, 7) is 3.69. The number of hydrogen-bond donors (Lipinski definition) is 1. The highest BCUT2D eigenvalue weighted by Gasteiger charge is 2.28. The number of carbonyl (C=O) groups is 2. The predicted octanol–water partition coefficient (Wildman–Crippen LogP) is 2.90. The molecule has 0 bridgehead atoms. The van der Waals surface area contributed by atoms with Gasteiger partial charge in [0.05, 0.1) is 0 Å². The van der Waals surface area contributed by atoms with Crippen molar-refractivity contribution in [3.63, 3.8) is 0 Å². The molecule has 3 heterocycles. The highest BCUT2D eigenvalue weighted by atomic mass is 16.5. The van der Waals surface area contributed by atoms with E-state index in [9.17, 15) is 9.59 Å². The Balaban J connectivity index is 1.30. The summed E-state index contributed by atoms with van der Waals surface area (Å²) in [4.78, 5) is 29.1. The van der Waals surface area contributed by atoms with Crippen LogP contribution in [-0.4, -0.2) is 66.3 Å². The van der Waals surface area contributed by atoms with Gasteiger partial charge in [0, 0.05) is 57.0 Å². The van der Waals surface area contributed by atoms with E-state index in [4.69, 9.17) is 9.26 Å². The van der Waals surface area contributed by atoms with Gasteiger partial charge in [-0.3, -0.25) is 10.1 Å². The van der Waals surface area contributed by atoms with Crippen LogP contribution in [0.25, 0.3) is 5.57 Å². The smallest absolute Gasteiger partial charge is 0.323 e. The molecule has 1 aromatic heterocycles. The Hall–Kier alpha value is -2.61. The monoisotopic (exact) mass is 400 g/mol. The lowest BCUT2D eigenvalue weighted by molar-refractivity contribution is -0.138. The Morgan fingerprint density at radius 2 is 1.86 bits per heavy atom. The average Bonchev–Trinajstić information content (AvgIpc) is 3.09. The fraction of sp³-hybridized carbons (Fsp3) is 0.571. The normalized spacial score (nSPS) is 20.9. The minimum Gasteiger partial charge on any atom is -0.381 e. The molecule has 1 aromatic rings. The molecule has 2 saturated heterocycles. The third-order valence-electron chi connectivity index (χ3n) is 5.69. The number of allylic oxidation sites excluding steroid dienone is 4. The summed E-state index contributed by atoms with van der Waals surface area (Å²) in [6, 6.07) is 1.54. The molecule has 3 amide bonds. The molecular weight excluding hydrogens is 372 g/mol. The van der Waals surface area contributed by atoms with Crippen LogP contribution in [0, 0.1) is 5.92 Å². The van der Waals surface area contributed by atoms with Crippen LogP contribution >= 0.6 is 0 Å². The lowest BCUT2D eigenvalue weighted by atomic mass is 9.98. The van der Waals surface area contributed by atoms with Gasteiger partial charge in [-0.1, -0.05) is 23.4 Å². The van der Waals surface area contributed by atoms with Gasteiger partial charge in [0.2, 0.25) is 5.91 Å². The lowest BCUT2D eigenvalue weighted by Crippen LogP contribution is -2.42. The van der Waals surface area contributed by atoms with Crippen LogP contribution in [0.1, 0.15) is 37.9 Å². The van der Waals surface area contributed by atoms with Crippen molar-refractivity contribution in [2.45, 2.75) is 32.1 Å². The van der Waals surface area contributed by atoms with E-state index in [1.165, 1.54) is 0 Å². The molecule has 156 valence electrons. The lowest BCUT2D eigenvalue weighted by Gasteiger charge is -2.28. The first-order valence-corrected chi connectivity index (χ1v) is 10.5. The molecule has 3 aliphatic rings. The topological polar surface area (TPSA) is 87.9 Å². The van der Waals surface area contributed by atoms with Crippen molar-refractivity contribution in [2.75, 3.05) is 44.7 Å². The van der Waals surface area contributed by atoms with Crippen molar-refractivity contribution in [1.29, 1.82) is 0 Å². The molecule has 2 fully saturated rings. The van der Waals surface area contributed by atoms with Gasteiger partial charge >= 0.3 is 6.03 Å². The summed E-state index contributed by atoms with van der Waals surface area (Å²) in [7, 11) is 0. The van der Waals surface area contributed by atoms with Gasteiger partial charge in [-0.05, 0) is 32.1 Å². The van der Waals surface area contributed by atoms with Crippen LogP contribution in [0.15, 0.2) is 28.8 Å². The molecule has 0 unspecified atom stereocenters.